The number of hydrogen-bond donors (Lipinski definition) is 4. The summed E-state index contributed by atoms with van der Waals surface area (Å²) in [5, 5.41) is 21.0. The number of aryl methyl sites for hydroxylation is 7. The Morgan fingerprint density at radius 3 is 1.21 bits per heavy atom. The predicted octanol–water partition coefficient (Wildman–Crippen LogP) is 16.6. The van der Waals surface area contributed by atoms with Gasteiger partial charge in [-0.1, -0.05) is 138 Å². The topological polar surface area (TPSA) is 370 Å². The number of anilines is 4. The molecule has 4 saturated heterocycles. The van der Waals surface area contributed by atoms with E-state index in [1.54, 1.807) is 112 Å². The Bertz CT molecular complexity index is 6280. The summed E-state index contributed by atoms with van der Waals surface area (Å²) in [5.74, 6) is 0.00634. The quantitative estimate of drug-likeness (QED) is 0.0366. The number of carbonyl (C=O) groups excluding carboxylic acids is 12. The summed E-state index contributed by atoms with van der Waals surface area (Å²) in [6, 6.07) is 16.7. The Balaban J connectivity index is 0.000000167. The molecule has 0 spiro atoms. The van der Waals surface area contributed by atoms with Crippen molar-refractivity contribution in [3.63, 3.8) is 0 Å². The van der Waals surface area contributed by atoms with Crippen molar-refractivity contribution in [2.24, 2.45) is 13.0 Å². The molecule has 0 unspecified atom stereocenters. The summed E-state index contributed by atoms with van der Waals surface area (Å²) in [4.78, 5) is 187. The van der Waals surface area contributed by atoms with E-state index in [0.717, 1.165) is 89.1 Å². The molecule has 140 heavy (non-hydrogen) atoms. The Kier molecular flexibility index (Phi) is 37.8. The lowest BCUT2D eigenvalue weighted by Crippen LogP contribution is -2.50. The maximum Gasteiger partial charge on any atom is 0.323 e. The number of piperazine rings is 2. The first-order valence-electron chi connectivity index (χ1n) is 45.0. The molecule has 738 valence electrons. The molecule has 10 heterocycles. The maximum atomic E-state index is 13.7. The van der Waals surface area contributed by atoms with Gasteiger partial charge >= 0.3 is 6.03 Å². The van der Waals surface area contributed by atoms with Gasteiger partial charge in [-0.2, -0.15) is 16.4 Å². The summed E-state index contributed by atoms with van der Waals surface area (Å²) in [6.45, 7) is 37.2. The molecule has 4 aliphatic heterocycles. The lowest BCUT2D eigenvalue weighted by atomic mass is 10.0. The van der Waals surface area contributed by atoms with Crippen molar-refractivity contribution in [1.82, 2.24) is 73.8 Å². The minimum atomic E-state index is -0.265. The highest BCUT2D eigenvalue weighted by Gasteiger charge is 2.36. The number of ether oxygens (including phenoxy) is 2. The number of rotatable bonds is 26. The number of amides is 13. The molecular formula is C98H113N19O14S9. The van der Waals surface area contributed by atoms with Crippen molar-refractivity contribution in [2.75, 3.05) is 141 Å². The minimum Gasteiger partial charge on any atom is -0.496 e. The molecule has 6 aromatic heterocycles. The van der Waals surface area contributed by atoms with Crippen molar-refractivity contribution in [2.45, 2.75) is 136 Å². The van der Waals surface area contributed by atoms with E-state index in [1.807, 2.05) is 119 Å². The molecule has 4 aromatic carbocycles. The zero-order valence-corrected chi connectivity index (χ0v) is 87.6. The largest absolute Gasteiger partial charge is 0.496 e. The van der Waals surface area contributed by atoms with Crippen LogP contribution >= 0.6 is 104 Å². The van der Waals surface area contributed by atoms with Crippen LogP contribution in [0.4, 0.5) is 25.3 Å². The van der Waals surface area contributed by atoms with Gasteiger partial charge in [0.25, 0.3) is 35.4 Å². The number of thiophene rings is 1. The number of hydrogen-bond acceptors (Lipinski definition) is 28. The summed E-state index contributed by atoms with van der Waals surface area (Å²) >= 11 is 13.1. The third kappa shape index (κ3) is 27.9. The highest BCUT2D eigenvalue weighted by Crippen LogP contribution is 2.44. The van der Waals surface area contributed by atoms with Gasteiger partial charge in [-0.25, -0.2) is 24.7 Å². The van der Waals surface area contributed by atoms with Crippen LogP contribution in [0.25, 0.3) is 0 Å². The number of thiazole rings is 4. The van der Waals surface area contributed by atoms with Gasteiger partial charge in [-0.15, -0.1) is 0 Å². The van der Waals surface area contributed by atoms with Crippen molar-refractivity contribution in [1.29, 1.82) is 0 Å². The predicted molar refractivity (Wildman–Crippen MR) is 553 cm³/mol. The van der Waals surface area contributed by atoms with Gasteiger partial charge in [0.2, 0.25) is 29.5 Å². The number of benzene rings is 4. The first-order valence-corrected chi connectivity index (χ1v) is 52.5. The molecule has 13 amide bonds. The standard InChI is InChI=1S/C26H32N4O4S2.C24H26N6O3S2.C24H31N5O4S2.C24H24N4O3S3/c1-5-18-15-29(10-7-11-30(18)22(31)6-2)25(33)19-13-21(16(3)12-20(19)34-4)35-23-14-27-26(36-23)28-24(32)17-8-9-17;1-5-20(31)29-6-8-30(9-7-29)23(33)18-11-19(16(3)10-15(18)2)34-21-13-25-24(35-21)27-22(32)17-12-26-28(4)14-17;1-7-20(30)29-10-8-9-28(14-16(29)3)22(31)17-12-19(15(2)11-18(17)33-6)34-21-13-25-23(35-21)26-24(32)27(4)5;1-4-20(29)27-6-8-28(9-7-27)23(31)18-12-19(16(3)11-15(18)2)33-21-13-25-24(34-21)26-22(30)17-5-10-32-14-17/h6,12-14,17-18H,2,5,7-11,15H2,1,3-4H3,(H,27,28,32);5,10-14H,1,6-9H2,2-4H3,(H,25,27,32);7,11-13,16H,1,8-10,14H2,2-6H3,(H,25,26,32);4-5,10-14H,1,6-9H2,2-3H3,(H,25,26,30)/t18-;;16-;/m1.1./s1. The van der Waals surface area contributed by atoms with Gasteiger partial charge in [-0.3, -0.25) is 73.4 Å². The Labute approximate surface area is 851 Å². The van der Waals surface area contributed by atoms with E-state index in [9.17, 15) is 57.5 Å². The molecule has 33 nitrogen and oxygen atoms in total. The zero-order valence-electron chi connectivity index (χ0n) is 80.2. The highest BCUT2D eigenvalue weighted by atomic mass is 32.2. The van der Waals surface area contributed by atoms with Gasteiger partial charge in [-0.05, 0) is 186 Å². The highest BCUT2D eigenvalue weighted by molar-refractivity contribution is 8.02. The number of nitrogens with one attached hydrogen (secondary N) is 4. The smallest absolute Gasteiger partial charge is 0.323 e. The fraction of sp³-hybridized carbons (Fsp3) is 0.357. The second kappa shape index (κ2) is 49.7. The fourth-order valence-electron chi connectivity index (χ4n) is 15.5. The van der Waals surface area contributed by atoms with E-state index in [0.29, 0.717) is 170 Å². The van der Waals surface area contributed by atoms with Gasteiger partial charge in [0.05, 0.1) is 84.3 Å². The van der Waals surface area contributed by atoms with Crippen molar-refractivity contribution in [3.8, 4) is 11.5 Å². The van der Waals surface area contributed by atoms with Crippen molar-refractivity contribution >= 4 is 195 Å². The van der Waals surface area contributed by atoms with Crippen LogP contribution in [-0.2, 0) is 31.0 Å². The SMILES string of the molecule is C=CC(=O)N1CCCN(C(=O)c2cc(Sc3cnc(NC(=O)C4CC4)s3)c(C)cc2OC)C[C@H]1CC.C=CC(=O)N1CCCN(C(=O)c2cc(Sc3cnc(NC(=O)N(C)C)s3)c(C)cc2OC)C[C@H]1C.C=CC(=O)N1CCN(C(=O)c2cc(Sc3cnc(NC(=O)c4ccsc4)s3)c(C)cc2C)CC1.C=CC(=O)N1CCN(C(=O)c2cc(Sc3cnc(NC(=O)c4cnn(C)c4)s3)c(C)cc2C)CC1. The summed E-state index contributed by atoms with van der Waals surface area (Å²) in [5.41, 5.74) is 9.25. The summed E-state index contributed by atoms with van der Waals surface area (Å²) < 4.78 is 16.3. The molecular weight excluding hydrogens is 1960 g/mol. The lowest BCUT2D eigenvalue weighted by Gasteiger charge is -2.34. The van der Waals surface area contributed by atoms with Gasteiger partial charge in [0.1, 0.15) is 11.5 Å². The van der Waals surface area contributed by atoms with Crippen LogP contribution in [0.1, 0.15) is 141 Å². The molecule has 2 atom stereocenters. The number of carbonyl (C=O) groups is 12. The van der Waals surface area contributed by atoms with Crippen molar-refractivity contribution < 1.29 is 67.0 Å². The first-order chi connectivity index (χ1) is 67.1. The molecule has 10 aromatic rings. The Hall–Kier alpha value is -12.3. The monoisotopic (exact) mass is 2070 g/mol. The molecule has 1 aliphatic carbocycles. The normalized spacial score (nSPS) is 15.3. The molecule has 42 heteroatoms. The van der Waals surface area contributed by atoms with Crippen LogP contribution in [-0.4, -0.2) is 277 Å². The Morgan fingerprint density at radius 1 is 0.450 bits per heavy atom. The van der Waals surface area contributed by atoms with Crippen LogP contribution in [0, 0.1) is 47.5 Å². The van der Waals surface area contributed by atoms with E-state index >= 15 is 0 Å². The average Bonchev–Trinajstić information content (AvgIpc) is 1.06. The summed E-state index contributed by atoms with van der Waals surface area (Å²) in [6.07, 6.45) is 19.3. The molecule has 4 N–H and O–H groups in total. The maximum absolute atomic E-state index is 13.7. The van der Waals surface area contributed by atoms with Crippen LogP contribution in [0.5, 0.6) is 11.5 Å². The van der Waals surface area contributed by atoms with E-state index in [2.05, 4.69) is 72.6 Å². The fourth-order valence-corrected chi connectivity index (χ4v) is 23.9. The molecule has 0 radical (unpaired) electrons. The average molecular weight is 2070 g/mol. The van der Waals surface area contributed by atoms with E-state index in [4.69, 9.17) is 9.47 Å². The third-order valence-corrected chi connectivity index (χ3v) is 32.7. The minimum absolute atomic E-state index is 0.0296. The van der Waals surface area contributed by atoms with Gasteiger partial charge < -0.3 is 58.9 Å². The molecule has 5 fully saturated rings. The number of nitrogens with zero attached hydrogens (tertiary/aromatic N) is 15. The number of urea groups is 1. The molecule has 5 aliphatic rings. The van der Waals surface area contributed by atoms with Crippen LogP contribution in [0.3, 0.4) is 0 Å². The third-order valence-electron chi connectivity index (χ3n) is 23.3. The number of aromatic nitrogens is 6. The van der Waals surface area contributed by atoms with Crippen LogP contribution < -0.4 is 30.7 Å². The van der Waals surface area contributed by atoms with E-state index < -0.39 is 0 Å². The molecule has 0 bridgehead atoms. The van der Waals surface area contributed by atoms with Crippen LogP contribution in [0.15, 0.2) is 190 Å². The van der Waals surface area contributed by atoms with Gasteiger partial charge in [0, 0.05) is 173 Å². The molecule has 1 saturated carbocycles. The first kappa shape index (κ1) is 107. The van der Waals surface area contributed by atoms with Crippen molar-refractivity contribution in [3.05, 3.63) is 220 Å². The second-order valence-electron chi connectivity index (χ2n) is 33.5. The second-order valence-corrected chi connectivity index (χ2v) is 43.8. The summed E-state index contributed by atoms with van der Waals surface area (Å²) in [7, 11) is 8.20. The zero-order chi connectivity index (χ0) is 101. The van der Waals surface area contributed by atoms with E-state index in [-0.39, 0.29) is 89.0 Å². The number of methoxy groups -OCH3 is 2. The lowest BCUT2D eigenvalue weighted by molar-refractivity contribution is -0.128. The van der Waals surface area contributed by atoms with E-state index in [1.165, 1.54) is 139 Å². The van der Waals surface area contributed by atoms with Gasteiger partial charge in [0.15, 0.2) is 20.5 Å². The molecule has 15 rings (SSSR count). The van der Waals surface area contributed by atoms with Crippen LogP contribution in [0.2, 0.25) is 0 Å². The Morgan fingerprint density at radius 2 is 0.829 bits per heavy atom.